The molecule has 4 rings (SSSR count). The van der Waals surface area contributed by atoms with Crippen LogP contribution >= 0.6 is 0 Å². The van der Waals surface area contributed by atoms with Gasteiger partial charge in [0, 0.05) is 37.7 Å². The summed E-state index contributed by atoms with van der Waals surface area (Å²) >= 11 is 0. The molecule has 0 radical (unpaired) electrons. The highest BCUT2D eigenvalue weighted by atomic mass is 15.4. The van der Waals surface area contributed by atoms with Crippen LogP contribution in [0, 0.1) is 11.3 Å². The standard InChI is InChI=1S/C15H18N6/c16-5-12-6-18-21(8-12)14-9-19(10-14)11-15-17-7-13-3-1-2-4-20(13)15/h6-8,14H,1-4,9-11H2. The number of hydrogen-bond donors (Lipinski definition) is 0. The molecule has 6 nitrogen and oxygen atoms in total. The fourth-order valence-corrected chi connectivity index (χ4v) is 3.26. The smallest absolute Gasteiger partial charge is 0.123 e. The highest BCUT2D eigenvalue weighted by Crippen LogP contribution is 2.24. The van der Waals surface area contributed by atoms with E-state index in [1.165, 1.54) is 30.8 Å². The van der Waals surface area contributed by atoms with Gasteiger partial charge < -0.3 is 4.57 Å². The maximum atomic E-state index is 8.83. The number of imidazole rings is 1. The molecule has 0 amide bonds. The molecule has 0 N–H and O–H groups in total. The summed E-state index contributed by atoms with van der Waals surface area (Å²) in [6.45, 7) is 4.00. The molecule has 2 aliphatic heterocycles. The lowest BCUT2D eigenvalue weighted by Gasteiger charge is -2.39. The normalized spacial score (nSPS) is 19.0. The summed E-state index contributed by atoms with van der Waals surface area (Å²) in [5.41, 5.74) is 2.02. The number of aryl methyl sites for hydroxylation is 1. The lowest BCUT2D eigenvalue weighted by molar-refractivity contribution is 0.0865. The second-order valence-electron chi connectivity index (χ2n) is 5.94. The summed E-state index contributed by atoms with van der Waals surface area (Å²) in [5, 5.41) is 13.1. The van der Waals surface area contributed by atoms with Gasteiger partial charge in [-0.25, -0.2) is 4.98 Å². The van der Waals surface area contributed by atoms with Gasteiger partial charge in [0.1, 0.15) is 11.9 Å². The Morgan fingerprint density at radius 2 is 2.19 bits per heavy atom. The summed E-state index contributed by atoms with van der Waals surface area (Å²) < 4.78 is 4.30. The van der Waals surface area contributed by atoms with Crippen molar-refractivity contribution in [3.8, 4) is 6.07 Å². The van der Waals surface area contributed by atoms with Gasteiger partial charge in [0.05, 0.1) is 24.3 Å². The molecule has 0 spiro atoms. The molecule has 2 aromatic heterocycles. The third-order valence-electron chi connectivity index (χ3n) is 4.49. The molecule has 4 heterocycles. The molecule has 1 saturated heterocycles. The molecule has 0 unspecified atom stereocenters. The van der Waals surface area contributed by atoms with Gasteiger partial charge in [-0.2, -0.15) is 10.4 Å². The summed E-state index contributed by atoms with van der Waals surface area (Å²) in [6.07, 6.45) is 9.23. The van der Waals surface area contributed by atoms with Crippen molar-refractivity contribution < 1.29 is 0 Å². The number of nitriles is 1. The molecule has 2 aliphatic rings. The zero-order valence-electron chi connectivity index (χ0n) is 11.9. The highest BCUT2D eigenvalue weighted by molar-refractivity contribution is 5.22. The van der Waals surface area contributed by atoms with Crippen LogP contribution in [0.4, 0.5) is 0 Å². The molecule has 2 aromatic rings. The number of hydrogen-bond acceptors (Lipinski definition) is 4. The van der Waals surface area contributed by atoms with Crippen molar-refractivity contribution in [2.45, 2.75) is 38.4 Å². The van der Waals surface area contributed by atoms with E-state index in [-0.39, 0.29) is 0 Å². The van der Waals surface area contributed by atoms with E-state index in [9.17, 15) is 0 Å². The van der Waals surface area contributed by atoms with Crippen molar-refractivity contribution in [1.29, 1.82) is 5.26 Å². The lowest BCUT2D eigenvalue weighted by Crippen LogP contribution is -2.47. The molecule has 0 atom stereocenters. The van der Waals surface area contributed by atoms with Gasteiger partial charge in [0.15, 0.2) is 0 Å². The van der Waals surface area contributed by atoms with E-state index < -0.39 is 0 Å². The van der Waals surface area contributed by atoms with Gasteiger partial charge in [0.2, 0.25) is 0 Å². The predicted molar refractivity (Wildman–Crippen MR) is 76.4 cm³/mol. The largest absolute Gasteiger partial charge is 0.331 e. The third-order valence-corrected chi connectivity index (χ3v) is 4.49. The van der Waals surface area contributed by atoms with Crippen molar-refractivity contribution >= 4 is 0 Å². The van der Waals surface area contributed by atoms with Crippen LogP contribution in [0.2, 0.25) is 0 Å². The first kappa shape index (κ1) is 12.6. The van der Waals surface area contributed by atoms with Gasteiger partial charge >= 0.3 is 0 Å². The van der Waals surface area contributed by atoms with Crippen LogP contribution < -0.4 is 0 Å². The van der Waals surface area contributed by atoms with Crippen LogP contribution in [0.3, 0.4) is 0 Å². The monoisotopic (exact) mass is 282 g/mol. The third kappa shape index (κ3) is 2.24. The first-order valence-electron chi connectivity index (χ1n) is 7.53. The second-order valence-corrected chi connectivity index (χ2v) is 5.94. The quantitative estimate of drug-likeness (QED) is 0.852. The minimum absolute atomic E-state index is 0.392. The molecular formula is C15H18N6. The predicted octanol–water partition coefficient (Wildman–Crippen LogP) is 1.34. The first-order chi connectivity index (χ1) is 10.3. The van der Waals surface area contributed by atoms with E-state index in [0.29, 0.717) is 11.6 Å². The van der Waals surface area contributed by atoms with Gasteiger partial charge in [-0.3, -0.25) is 9.58 Å². The van der Waals surface area contributed by atoms with E-state index in [2.05, 4.69) is 25.6 Å². The van der Waals surface area contributed by atoms with Crippen LogP contribution in [0.5, 0.6) is 0 Å². The Labute approximate surface area is 123 Å². The van der Waals surface area contributed by atoms with Gasteiger partial charge in [-0.05, 0) is 19.3 Å². The zero-order valence-corrected chi connectivity index (χ0v) is 11.9. The molecule has 6 heteroatoms. The number of fused-ring (bicyclic) bond motifs is 1. The van der Waals surface area contributed by atoms with Crippen molar-refractivity contribution in [1.82, 2.24) is 24.2 Å². The summed E-state index contributed by atoms with van der Waals surface area (Å²) in [5.74, 6) is 1.20. The first-order valence-corrected chi connectivity index (χ1v) is 7.53. The van der Waals surface area contributed by atoms with E-state index in [1.54, 1.807) is 6.20 Å². The van der Waals surface area contributed by atoms with Crippen molar-refractivity contribution in [2.75, 3.05) is 13.1 Å². The van der Waals surface area contributed by atoms with Crippen molar-refractivity contribution in [3.63, 3.8) is 0 Å². The molecule has 0 saturated carbocycles. The Bertz CT molecular complexity index is 685. The van der Waals surface area contributed by atoms with Gasteiger partial charge in [0.25, 0.3) is 0 Å². The molecule has 108 valence electrons. The number of likely N-dealkylation sites (tertiary alicyclic amines) is 1. The van der Waals surface area contributed by atoms with Crippen LogP contribution in [0.15, 0.2) is 18.6 Å². The average molecular weight is 282 g/mol. The van der Waals surface area contributed by atoms with E-state index in [4.69, 9.17) is 5.26 Å². The van der Waals surface area contributed by atoms with Crippen molar-refractivity contribution in [2.24, 2.45) is 0 Å². The van der Waals surface area contributed by atoms with Crippen molar-refractivity contribution in [3.05, 3.63) is 35.7 Å². The minimum atomic E-state index is 0.392. The summed E-state index contributed by atoms with van der Waals surface area (Å²) in [4.78, 5) is 6.98. The fraction of sp³-hybridized carbons (Fsp3) is 0.533. The average Bonchev–Trinajstić information content (AvgIpc) is 3.09. The van der Waals surface area contributed by atoms with E-state index >= 15 is 0 Å². The molecule has 21 heavy (non-hydrogen) atoms. The zero-order chi connectivity index (χ0) is 14.2. The van der Waals surface area contributed by atoms with E-state index in [0.717, 1.165) is 26.2 Å². The van der Waals surface area contributed by atoms with Gasteiger partial charge in [-0.1, -0.05) is 0 Å². The van der Waals surface area contributed by atoms with E-state index in [1.807, 2.05) is 17.1 Å². The Balaban J connectivity index is 1.38. The van der Waals surface area contributed by atoms with Crippen LogP contribution in [0.1, 0.15) is 36.0 Å². The Morgan fingerprint density at radius 1 is 1.29 bits per heavy atom. The molecule has 0 aliphatic carbocycles. The lowest BCUT2D eigenvalue weighted by atomic mass is 10.1. The van der Waals surface area contributed by atoms with Crippen LogP contribution in [-0.2, 0) is 19.5 Å². The number of aromatic nitrogens is 4. The Hall–Kier alpha value is -2.13. The second kappa shape index (κ2) is 5.01. The van der Waals surface area contributed by atoms with Crippen LogP contribution in [0.25, 0.3) is 0 Å². The number of nitrogens with zero attached hydrogens (tertiary/aromatic N) is 6. The highest BCUT2D eigenvalue weighted by Gasteiger charge is 2.30. The Kier molecular flexibility index (Phi) is 3.00. The van der Waals surface area contributed by atoms with Crippen LogP contribution in [-0.4, -0.2) is 37.3 Å². The summed E-state index contributed by atoms with van der Waals surface area (Å²) in [6, 6.07) is 2.51. The maximum absolute atomic E-state index is 8.83. The maximum Gasteiger partial charge on any atom is 0.123 e. The molecular weight excluding hydrogens is 264 g/mol. The minimum Gasteiger partial charge on any atom is -0.331 e. The molecule has 0 bridgehead atoms. The molecule has 0 aromatic carbocycles. The SMILES string of the molecule is N#Cc1cnn(C2CN(Cc3ncc4n3CCCC4)C2)c1. The topological polar surface area (TPSA) is 62.7 Å². The fourth-order valence-electron chi connectivity index (χ4n) is 3.26. The van der Waals surface area contributed by atoms with Gasteiger partial charge in [-0.15, -0.1) is 0 Å². The molecule has 1 fully saturated rings. The number of rotatable bonds is 3. The Morgan fingerprint density at radius 3 is 3.00 bits per heavy atom. The summed E-state index contributed by atoms with van der Waals surface area (Å²) in [7, 11) is 0.